The summed E-state index contributed by atoms with van der Waals surface area (Å²) < 4.78 is 2.04. The molecule has 0 bridgehead atoms. The van der Waals surface area contributed by atoms with Crippen LogP contribution in [0.2, 0.25) is 5.02 Å². The van der Waals surface area contributed by atoms with Crippen LogP contribution in [0.4, 0.5) is 0 Å². The number of benzene rings is 1. The molecule has 1 N–H and O–H groups in total. The molecule has 0 amide bonds. The first-order valence-corrected chi connectivity index (χ1v) is 6.25. The van der Waals surface area contributed by atoms with Gasteiger partial charge in [-0.1, -0.05) is 11.6 Å². The van der Waals surface area contributed by atoms with Crippen molar-refractivity contribution in [3.8, 4) is 0 Å². The second-order valence-electron chi connectivity index (χ2n) is 4.51. The molecule has 92 valence electrons. The molecule has 0 aliphatic rings. The minimum absolute atomic E-state index is 0.386. The maximum atomic E-state index is 9.55. The second-order valence-corrected chi connectivity index (χ2v) is 4.92. The topological polar surface area (TPSA) is 38.0 Å². The lowest BCUT2D eigenvalue weighted by Gasteiger charge is -2.10. The predicted octanol–water partition coefficient (Wildman–Crippen LogP) is 3.22. The smallest absolute Gasteiger partial charge is 0.0909 e. The number of rotatable bonds is 2. The van der Waals surface area contributed by atoms with E-state index in [0.717, 1.165) is 21.8 Å². The highest BCUT2D eigenvalue weighted by molar-refractivity contribution is 6.36. The van der Waals surface area contributed by atoms with Gasteiger partial charge in [0.1, 0.15) is 0 Å². The standard InChI is InChI=1S/C14H13ClN2O/c1-9(18)8-17-6-4-10-7-12(15)13-11(14(10)17)3-2-5-16-13/h2-7,9,18H,8H2,1H3. The fraction of sp³-hybridized carbons (Fsp3) is 0.214. The van der Waals surface area contributed by atoms with Crippen molar-refractivity contribution in [3.63, 3.8) is 0 Å². The van der Waals surface area contributed by atoms with Crippen LogP contribution in [-0.2, 0) is 6.54 Å². The molecule has 0 aliphatic heterocycles. The Morgan fingerprint density at radius 3 is 3.06 bits per heavy atom. The van der Waals surface area contributed by atoms with E-state index in [-0.39, 0.29) is 6.10 Å². The number of aromatic nitrogens is 2. The van der Waals surface area contributed by atoms with Gasteiger partial charge in [-0.05, 0) is 31.2 Å². The first kappa shape index (κ1) is 11.5. The summed E-state index contributed by atoms with van der Waals surface area (Å²) in [6.45, 7) is 2.34. The van der Waals surface area contributed by atoms with Crippen LogP contribution < -0.4 is 0 Å². The molecule has 3 nitrogen and oxygen atoms in total. The molecular weight excluding hydrogens is 248 g/mol. The summed E-state index contributed by atoms with van der Waals surface area (Å²) in [7, 11) is 0. The Bertz CT molecular complexity index is 718. The Labute approximate surface area is 110 Å². The molecule has 2 heterocycles. The minimum Gasteiger partial charge on any atom is -0.392 e. The molecule has 0 spiro atoms. The van der Waals surface area contributed by atoms with Crippen LogP contribution in [0.3, 0.4) is 0 Å². The van der Waals surface area contributed by atoms with Crippen molar-refractivity contribution in [2.24, 2.45) is 0 Å². The van der Waals surface area contributed by atoms with Gasteiger partial charge in [0, 0.05) is 29.7 Å². The maximum Gasteiger partial charge on any atom is 0.0909 e. The van der Waals surface area contributed by atoms with Gasteiger partial charge in [0.05, 0.1) is 22.2 Å². The van der Waals surface area contributed by atoms with Crippen molar-refractivity contribution in [2.45, 2.75) is 19.6 Å². The molecule has 1 atom stereocenters. The van der Waals surface area contributed by atoms with E-state index in [4.69, 9.17) is 11.6 Å². The zero-order valence-electron chi connectivity index (χ0n) is 9.97. The van der Waals surface area contributed by atoms with Crippen LogP contribution in [0, 0.1) is 0 Å². The van der Waals surface area contributed by atoms with Gasteiger partial charge in [0.25, 0.3) is 0 Å². The molecule has 4 heteroatoms. The Hall–Kier alpha value is -1.58. The first-order valence-electron chi connectivity index (χ1n) is 5.87. The van der Waals surface area contributed by atoms with Crippen LogP contribution in [0.1, 0.15) is 6.92 Å². The molecule has 1 unspecified atom stereocenters. The number of hydrogen-bond donors (Lipinski definition) is 1. The van der Waals surface area contributed by atoms with Crippen molar-refractivity contribution in [2.75, 3.05) is 0 Å². The fourth-order valence-corrected chi connectivity index (χ4v) is 2.61. The largest absolute Gasteiger partial charge is 0.392 e. The number of nitrogens with zero attached hydrogens (tertiary/aromatic N) is 2. The van der Waals surface area contributed by atoms with E-state index in [9.17, 15) is 5.11 Å². The maximum absolute atomic E-state index is 9.55. The lowest BCUT2D eigenvalue weighted by atomic mass is 10.1. The van der Waals surface area contributed by atoms with E-state index in [0.29, 0.717) is 11.6 Å². The average molecular weight is 261 g/mol. The molecule has 18 heavy (non-hydrogen) atoms. The first-order chi connectivity index (χ1) is 8.66. The zero-order valence-corrected chi connectivity index (χ0v) is 10.7. The SMILES string of the molecule is CC(O)Cn1ccc2cc(Cl)c3ncccc3c21. The molecule has 0 radical (unpaired) electrons. The molecule has 2 aromatic heterocycles. The van der Waals surface area contributed by atoms with E-state index >= 15 is 0 Å². The third kappa shape index (κ3) is 1.76. The molecular formula is C14H13ClN2O. The van der Waals surface area contributed by atoms with E-state index in [1.165, 1.54) is 0 Å². The summed E-state index contributed by atoms with van der Waals surface area (Å²) in [6, 6.07) is 7.84. The van der Waals surface area contributed by atoms with Gasteiger partial charge in [0.2, 0.25) is 0 Å². The highest BCUT2D eigenvalue weighted by Gasteiger charge is 2.10. The Morgan fingerprint density at radius 2 is 2.28 bits per heavy atom. The summed E-state index contributed by atoms with van der Waals surface area (Å²) in [5, 5.41) is 12.3. The number of halogens is 1. The Morgan fingerprint density at radius 1 is 1.44 bits per heavy atom. The van der Waals surface area contributed by atoms with Gasteiger partial charge in [-0.2, -0.15) is 0 Å². The van der Waals surface area contributed by atoms with Crippen molar-refractivity contribution in [3.05, 3.63) is 41.7 Å². The van der Waals surface area contributed by atoms with Crippen molar-refractivity contribution in [1.82, 2.24) is 9.55 Å². The number of hydrogen-bond acceptors (Lipinski definition) is 2. The summed E-state index contributed by atoms with van der Waals surface area (Å²) in [5.41, 5.74) is 1.88. The van der Waals surface area contributed by atoms with Gasteiger partial charge in [-0.3, -0.25) is 4.98 Å². The number of aliphatic hydroxyl groups excluding tert-OH is 1. The number of fused-ring (bicyclic) bond motifs is 3. The van der Waals surface area contributed by atoms with Gasteiger partial charge in [-0.25, -0.2) is 0 Å². The van der Waals surface area contributed by atoms with Crippen molar-refractivity contribution < 1.29 is 5.11 Å². The monoisotopic (exact) mass is 260 g/mol. The van der Waals surface area contributed by atoms with Crippen LogP contribution in [0.5, 0.6) is 0 Å². The molecule has 3 aromatic rings. The molecule has 0 fully saturated rings. The lowest BCUT2D eigenvalue weighted by molar-refractivity contribution is 0.175. The number of pyridine rings is 1. The quantitative estimate of drug-likeness (QED) is 0.768. The summed E-state index contributed by atoms with van der Waals surface area (Å²) in [5.74, 6) is 0. The van der Waals surface area contributed by atoms with Gasteiger partial charge < -0.3 is 9.67 Å². The zero-order chi connectivity index (χ0) is 12.7. The average Bonchev–Trinajstić information content (AvgIpc) is 2.72. The van der Waals surface area contributed by atoms with E-state index in [2.05, 4.69) is 4.98 Å². The summed E-state index contributed by atoms with van der Waals surface area (Å²) in [6.07, 6.45) is 3.32. The minimum atomic E-state index is -0.386. The summed E-state index contributed by atoms with van der Waals surface area (Å²) in [4.78, 5) is 4.32. The normalized spacial score (nSPS) is 13.3. The van der Waals surface area contributed by atoms with Crippen LogP contribution in [0.15, 0.2) is 36.7 Å². The van der Waals surface area contributed by atoms with E-state index in [1.54, 1.807) is 13.1 Å². The Balaban J connectivity index is 2.39. The Kier molecular flexibility index (Phi) is 2.73. The number of aliphatic hydroxyl groups is 1. The third-order valence-corrected chi connectivity index (χ3v) is 3.32. The van der Waals surface area contributed by atoms with Gasteiger partial charge in [0.15, 0.2) is 0 Å². The van der Waals surface area contributed by atoms with Crippen LogP contribution in [-0.4, -0.2) is 20.8 Å². The van der Waals surface area contributed by atoms with E-state index in [1.807, 2.05) is 35.0 Å². The van der Waals surface area contributed by atoms with Crippen LogP contribution >= 0.6 is 11.6 Å². The van der Waals surface area contributed by atoms with Gasteiger partial charge >= 0.3 is 0 Å². The van der Waals surface area contributed by atoms with Crippen molar-refractivity contribution in [1.29, 1.82) is 0 Å². The summed E-state index contributed by atoms with van der Waals surface area (Å²) >= 11 is 6.23. The molecule has 1 aromatic carbocycles. The highest BCUT2D eigenvalue weighted by atomic mass is 35.5. The van der Waals surface area contributed by atoms with Gasteiger partial charge in [-0.15, -0.1) is 0 Å². The van der Waals surface area contributed by atoms with E-state index < -0.39 is 0 Å². The van der Waals surface area contributed by atoms with Crippen molar-refractivity contribution >= 4 is 33.4 Å². The lowest BCUT2D eigenvalue weighted by Crippen LogP contribution is -2.10. The predicted molar refractivity (Wildman–Crippen MR) is 73.9 cm³/mol. The second kappa shape index (κ2) is 4.26. The van der Waals surface area contributed by atoms with Crippen LogP contribution in [0.25, 0.3) is 21.8 Å². The third-order valence-electron chi connectivity index (χ3n) is 3.03. The molecule has 0 saturated heterocycles. The molecule has 0 aliphatic carbocycles. The highest BCUT2D eigenvalue weighted by Crippen LogP contribution is 2.31. The molecule has 3 rings (SSSR count). The molecule has 0 saturated carbocycles. The fourth-order valence-electron chi connectivity index (χ4n) is 2.34.